The molecule has 0 aliphatic carbocycles. The maximum Gasteiger partial charge on any atom is 0.119 e. The van der Waals surface area contributed by atoms with Crippen molar-refractivity contribution in [3.05, 3.63) is 36.0 Å². The summed E-state index contributed by atoms with van der Waals surface area (Å²) in [5, 5.41) is 12.1. The summed E-state index contributed by atoms with van der Waals surface area (Å²) >= 11 is 0. The number of hydrogen-bond acceptors (Lipinski definition) is 4. The van der Waals surface area contributed by atoms with Crippen molar-refractivity contribution in [3.8, 4) is 5.75 Å². The summed E-state index contributed by atoms with van der Waals surface area (Å²) in [5.74, 6) is 2.28. The monoisotopic (exact) mass is 496 g/mol. The van der Waals surface area contributed by atoms with Gasteiger partial charge in [-0.05, 0) is 80.4 Å². The van der Waals surface area contributed by atoms with Crippen molar-refractivity contribution in [1.29, 1.82) is 0 Å². The Morgan fingerprint density at radius 3 is 2.39 bits per heavy atom. The van der Waals surface area contributed by atoms with Crippen LogP contribution in [-0.2, 0) is 0 Å². The average Bonchev–Trinajstić information content (AvgIpc) is 2.92. The van der Waals surface area contributed by atoms with Crippen LogP contribution >= 0.6 is 0 Å². The molecule has 3 atom stereocenters. The van der Waals surface area contributed by atoms with Crippen LogP contribution in [0.1, 0.15) is 115 Å². The van der Waals surface area contributed by atoms with Crippen molar-refractivity contribution >= 4 is 10.9 Å². The highest BCUT2D eigenvalue weighted by atomic mass is 16.5. The van der Waals surface area contributed by atoms with Crippen molar-refractivity contribution < 1.29 is 9.84 Å². The summed E-state index contributed by atoms with van der Waals surface area (Å²) in [6, 6.07) is 7.88. The Hall–Kier alpha value is -1.65. The molecule has 2 aromatic rings. The first-order valence-corrected chi connectivity index (χ1v) is 15.0. The molecule has 0 saturated carbocycles. The van der Waals surface area contributed by atoms with E-state index in [1.165, 1.54) is 96.7 Å². The van der Waals surface area contributed by atoms with Gasteiger partial charge >= 0.3 is 0 Å². The molecule has 0 bridgehead atoms. The largest absolute Gasteiger partial charge is 0.497 e. The van der Waals surface area contributed by atoms with Gasteiger partial charge in [0.1, 0.15) is 5.75 Å². The molecule has 0 radical (unpaired) electrons. The van der Waals surface area contributed by atoms with Crippen LogP contribution in [0.4, 0.5) is 0 Å². The molecule has 1 N–H and O–H groups in total. The Balaban J connectivity index is 1.37. The fourth-order valence-electron chi connectivity index (χ4n) is 6.12. The zero-order valence-corrected chi connectivity index (χ0v) is 23.4. The Morgan fingerprint density at radius 2 is 1.69 bits per heavy atom. The third-order valence-electron chi connectivity index (χ3n) is 8.48. The number of methoxy groups -OCH3 is 1. The minimum Gasteiger partial charge on any atom is -0.497 e. The first-order chi connectivity index (χ1) is 17.7. The highest BCUT2D eigenvalue weighted by molar-refractivity contribution is 5.83. The van der Waals surface area contributed by atoms with E-state index in [2.05, 4.69) is 23.7 Å². The quantitative estimate of drug-likeness (QED) is 0.224. The van der Waals surface area contributed by atoms with Crippen molar-refractivity contribution in [2.45, 2.75) is 110 Å². The number of piperidine rings is 1. The second-order valence-electron chi connectivity index (χ2n) is 11.1. The van der Waals surface area contributed by atoms with Crippen molar-refractivity contribution in [2.75, 3.05) is 26.7 Å². The van der Waals surface area contributed by atoms with E-state index in [-0.39, 0.29) is 0 Å². The lowest BCUT2D eigenvalue weighted by atomic mass is 9.80. The average molecular weight is 497 g/mol. The maximum absolute atomic E-state index is 11.1. The number of nitrogens with zero attached hydrogens (tertiary/aromatic N) is 2. The normalized spacial score (nSPS) is 19.6. The van der Waals surface area contributed by atoms with Gasteiger partial charge in [0.25, 0.3) is 0 Å². The summed E-state index contributed by atoms with van der Waals surface area (Å²) in [6.45, 7) is 8.38. The molecule has 1 aliphatic rings. The molecule has 4 heteroatoms. The third kappa shape index (κ3) is 9.03. The molecule has 202 valence electrons. The van der Waals surface area contributed by atoms with Gasteiger partial charge in [0.05, 0.1) is 18.7 Å². The van der Waals surface area contributed by atoms with Gasteiger partial charge in [-0.1, -0.05) is 78.1 Å². The highest BCUT2D eigenvalue weighted by Crippen LogP contribution is 2.34. The van der Waals surface area contributed by atoms with Crippen LogP contribution < -0.4 is 4.74 Å². The van der Waals surface area contributed by atoms with E-state index in [4.69, 9.17) is 4.74 Å². The molecule has 0 amide bonds. The second kappa shape index (κ2) is 16.2. The van der Waals surface area contributed by atoms with Gasteiger partial charge in [0, 0.05) is 18.1 Å². The van der Waals surface area contributed by atoms with E-state index < -0.39 is 6.10 Å². The van der Waals surface area contributed by atoms with Crippen molar-refractivity contribution in [2.24, 2.45) is 11.8 Å². The Bertz CT molecular complexity index is 870. The van der Waals surface area contributed by atoms with E-state index >= 15 is 0 Å². The van der Waals surface area contributed by atoms with Crippen LogP contribution in [0, 0.1) is 11.8 Å². The lowest BCUT2D eigenvalue weighted by Crippen LogP contribution is -2.40. The van der Waals surface area contributed by atoms with Gasteiger partial charge in [-0.2, -0.15) is 0 Å². The second-order valence-corrected chi connectivity index (χ2v) is 11.1. The number of likely N-dealkylation sites (tertiary alicyclic amines) is 1. The van der Waals surface area contributed by atoms with Crippen LogP contribution in [-0.4, -0.2) is 41.7 Å². The van der Waals surface area contributed by atoms with Crippen molar-refractivity contribution in [1.82, 2.24) is 9.88 Å². The molecule has 36 heavy (non-hydrogen) atoms. The van der Waals surface area contributed by atoms with E-state index in [1.807, 2.05) is 30.5 Å². The minimum absolute atomic E-state index is 0.454. The van der Waals surface area contributed by atoms with Gasteiger partial charge < -0.3 is 14.7 Å². The Kier molecular flexibility index (Phi) is 13.0. The number of benzene rings is 1. The summed E-state index contributed by atoms with van der Waals surface area (Å²) in [5.41, 5.74) is 1.89. The number of aliphatic hydroxyl groups is 1. The molecule has 3 rings (SSSR count). The molecule has 2 heterocycles. The lowest BCUT2D eigenvalue weighted by molar-refractivity contribution is 0.0903. The van der Waals surface area contributed by atoms with Gasteiger partial charge in [-0.25, -0.2) is 0 Å². The molecule has 1 aliphatic heterocycles. The SMILES string of the molecule is CCCCCCCCCCCCN1CCC(CCC(O)c2ccnc3ccc(OC)cc23)C(CC)C1. The van der Waals surface area contributed by atoms with Crippen LogP contribution in [0.25, 0.3) is 10.9 Å². The molecule has 3 unspecified atom stereocenters. The summed E-state index contributed by atoms with van der Waals surface area (Å²) < 4.78 is 5.41. The summed E-state index contributed by atoms with van der Waals surface area (Å²) in [4.78, 5) is 7.19. The van der Waals surface area contributed by atoms with Crippen LogP contribution in [0.3, 0.4) is 0 Å². The van der Waals surface area contributed by atoms with Gasteiger partial charge in [-0.3, -0.25) is 4.98 Å². The molecule has 1 aromatic carbocycles. The van der Waals surface area contributed by atoms with E-state index in [1.54, 1.807) is 7.11 Å². The number of hydrogen-bond donors (Lipinski definition) is 1. The number of aliphatic hydroxyl groups excluding tert-OH is 1. The Labute approximate surface area is 220 Å². The number of unbranched alkanes of at least 4 members (excludes halogenated alkanes) is 9. The van der Waals surface area contributed by atoms with E-state index in [9.17, 15) is 5.11 Å². The first kappa shape index (κ1) is 28.9. The van der Waals surface area contributed by atoms with Gasteiger partial charge in [-0.15, -0.1) is 0 Å². The number of rotatable bonds is 17. The molecule has 0 spiro atoms. The molecule has 4 nitrogen and oxygen atoms in total. The van der Waals surface area contributed by atoms with Crippen molar-refractivity contribution in [3.63, 3.8) is 0 Å². The van der Waals surface area contributed by atoms with E-state index in [0.717, 1.165) is 46.9 Å². The zero-order chi connectivity index (χ0) is 25.6. The predicted octanol–water partition coefficient (Wildman–Crippen LogP) is 8.33. The molecular weight excluding hydrogens is 444 g/mol. The summed E-state index contributed by atoms with van der Waals surface area (Å²) in [7, 11) is 1.68. The number of ether oxygens (including phenoxy) is 1. The van der Waals surface area contributed by atoms with Crippen LogP contribution in [0.15, 0.2) is 30.5 Å². The van der Waals surface area contributed by atoms with Gasteiger partial charge in [0.15, 0.2) is 0 Å². The fourth-order valence-corrected chi connectivity index (χ4v) is 6.12. The lowest BCUT2D eigenvalue weighted by Gasteiger charge is -2.39. The molecule has 1 aromatic heterocycles. The molecule has 1 fully saturated rings. The smallest absolute Gasteiger partial charge is 0.119 e. The summed E-state index contributed by atoms with van der Waals surface area (Å²) in [6.07, 6.45) is 19.9. The zero-order valence-electron chi connectivity index (χ0n) is 23.4. The van der Waals surface area contributed by atoms with E-state index in [0.29, 0.717) is 0 Å². The maximum atomic E-state index is 11.1. The Morgan fingerprint density at radius 1 is 0.972 bits per heavy atom. The van der Waals surface area contributed by atoms with Gasteiger partial charge in [0.2, 0.25) is 0 Å². The first-order valence-electron chi connectivity index (χ1n) is 15.0. The number of pyridine rings is 1. The predicted molar refractivity (Wildman–Crippen MR) is 153 cm³/mol. The number of fused-ring (bicyclic) bond motifs is 1. The molecule has 1 saturated heterocycles. The topological polar surface area (TPSA) is 45.6 Å². The minimum atomic E-state index is -0.454. The molecular formula is C32H52N2O2. The van der Waals surface area contributed by atoms with Crippen LogP contribution in [0.2, 0.25) is 0 Å². The fraction of sp³-hybridized carbons (Fsp3) is 0.719. The van der Waals surface area contributed by atoms with Crippen LogP contribution in [0.5, 0.6) is 5.75 Å². The number of aromatic nitrogens is 1. The third-order valence-corrected chi connectivity index (χ3v) is 8.48. The highest BCUT2D eigenvalue weighted by Gasteiger charge is 2.28. The standard InChI is InChI=1S/C32H52N2O2/c1-4-6-7-8-9-10-11-12-13-14-22-34-23-20-27(26(5-2)25-34)15-18-32(35)29-19-21-33-31-17-16-28(36-3)24-30(29)31/h16-17,19,21,24,26-27,32,35H,4-15,18,20,22-23,25H2,1-3H3.